The van der Waals surface area contributed by atoms with Crippen LogP contribution in [0.4, 0.5) is 0 Å². The third-order valence-corrected chi connectivity index (χ3v) is 9.51. The zero-order chi connectivity index (χ0) is 17.8. The van der Waals surface area contributed by atoms with E-state index in [-0.39, 0.29) is 0 Å². The zero-order valence-corrected chi connectivity index (χ0v) is 18.4. The van der Waals surface area contributed by atoms with Gasteiger partial charge in [0.05, 0.1) is 0 Å². The van der Waals surface area contributed by atoms with Crippen LogP contribution < -0.4 is 0 Å². The van der Waals surface area contributed by atoms with Gasteiger partial charge in [0.25, 0.3) is 0 Å². The summed E-state index contributed by atoms with van der Waals surface area (Å²) in [5.74, 6) is 3.66. The van der Waals surface area contributed by atoms with Crippen LogP contribution in [0.1, 0.15) is 78.1 Å². The molecule has 0 spiro atoms. The van der Waals surface area contributed by atoms with Crippen molar-refractivity contribution in [3.8, 4) is 0 Å². The fraction of sp³-hybridized carbons (Fsp3) is 0.913. The fourth-order valence-corrected chi connectivity index (χ4v) is 8.83. The van der Waals surface area contributed by atoms with Crippen molar-refractivity contribution in [2.45, 2.75) is 104 Å². The predicted molar refractivity (Wildman–Crippen MR) is 109 cm³/mol. The number of rotatable bonds is 3. The second-order valence-corrected chi connectivity index (χ2v) is 15.4. The Morgan fingerprint density at radius 1 is 0.960 bits per heavy atom. The Kier molecular flexibility index (Phi) is 4.76. The Hall–Kier alpha value is -0.0831. The molecule has 1 nitrogen and oxygen atoms in total. The molecule has 0 bridgehead atoms. The van der Waals surface area contributed by atoms with Crippen LogP contribution in [0.3, 0.4) is 0 Å². The summed E-state index contributed by atoms with van der Waals surface area (Å²) in [6.07, 6.45) is 15.1. The molecule has 2 unspecified atom stereocenters. The van der Waals surface area contributed by atoms with E-state index in [0.29, 0.717) is 11.5 Å². The highest BCUT2D eigenvalue weighted by atomic mass is 28.4. The van der Waals surface area contributed by atoms with Crippen molar-refractivity contribution in [1.82, 2.24) is 0 Å². The largest absolute Gasteiger partial charge is 0.415 e. The van der Waals surface area contributed by atoms with Gasteiger partial charge >= 0.3 is 0 Å². The molecule has 0 aliphatic heterocycles. The highest BCUT2D eigenvalue weighted by molar-refractivity contribution is 6.69. The van der Waals surface area contributed by atoms with Crippen LogP contribution in [0, 0.1) is 29.1 Å². The van der Waals surface area contributed by atoms with Gasteiger partial charge in [-0.1, -0.05) is 24.5 Å². The van der Waals surface area contributed by atoms with Gasteiger partial charge in [-0.3, -0.25) is 0 Å². The average molecular weight is 361 g/mol. The summed E-state index contributed by atoms with van der Waals surface area (Å²) in [5, 5.41) is 0. The summed E-state index contributed by atoms with van der Waals surface area (Å²) in [6, 6.07) is 0. The van der Waals surface area contributed by atoms with Gasteiger partial charge < -0.3 is 4.43 Å². The molecule has 4 aliphatic carbocycles. The molecule has 4 aliphatic rings. The van der Waals surface area contributed by atoms with Gasteiger partial charge in [-0.15, -0.1) is 0 Å². The molecule has 6 atom stereocenters. The molecule has 0 aromatic carbocycles. The van der Waals surface area contributed by atoms with E-state index in [1.165, 1.54) is 64.2 Å². The number of fused-ring (bicyclic) bond motifs is 4. The maximum Gasteiger partial charge on any atom is 0.184 e. The molecule has 0 amide bonds. The molecule has 2 heteroatoms. The van der Waals surface area contributed by atoms with Crippen molar-refractivity contribution >= 4 is 8.32 Å². The van der Waals surface area contributed by atoms with Gasteiger partial charge in [-0.2, -0.15) is 0 Å². The summed E-state index contributed by atoms with van der Waals surface area (Å²) >= 11 is 0. The van der Waals surface area contributed by atoms with E-state index < -0.39 is 8.32 Å². The highest BCUT2D eigenvalue weighted by Gasteiger charge is 2.55. The fourth-order valence-electron chi connectivity index (χ4n) is 7.55. The van der Waals surface area contributed by atoms with E-state index in [0.717, 1.165) is 23.7 Å². The molecule has 0 aromatic rings. The van der Waals surface area contributed by atoms with Crippen molar-refractivity contribution in [2.75, 3.05) is 0 Å². The molecular weight excluding hydrogens is 320 g/mol. The third-order valence-electron chi connectivity index (χ3n) is 8.44. The zero-order valence-electron chi connectivity index (χ0n) is 17.4. The number of hydrogen-bond acceptors (Lipinski definition) is 1. The second-order valence-electron chi connectivity index (χ2n) is 10.9. The van der Waals surface area contributed by atoms with Crippen LogP contribution in [-0.2, 0) is 4.43 Å². The van der Waals surface area contributed by atoms with Crippen molar-refractivity contribution in [3.63, 3.8) is 0 Å². The van der Waals surface area contributed by atoms with Gasteiger partial charge in [-0.05, 0) is 113 Å². The lowest BCUT2D eigenvalue weighted by Crippen LogP contribution is -2.45. The maximum absolute atomic E-state index is 6.58. The molecule has 0 radical (unpaired) electrons. The minimum absolute atomic E-state index is 0.460. The second kappa shape index (κ2) is 6.51. The van der Waals surface area contributed by atoms with Crippen LogP contribution in [-0.4, -0.2) is 14.4 Å². The Morgan fingerprint density at radius 3 is 2.52 bits per heavy atom. The quantitative estimate of drug-likeness (QED) is 0.391. The molecule has 0 N–H and O–H groups in total. The van der Waals surface area contributed by atoms with E-state index >= 15 is 0 Å². The monoisotopic (exact) mass is 360 g/mol. The van der Waals surface area contributed by atoms with Gasteiger partial charge in [0.2, 0.25) is 0 Å². The molecule has 4 rings (SSSR count). The molecule has 142 valence electrons. The van der Waals surface area contributed by atoms with Gasteiger partial charge in [0.1, 0.15) is 0 Å². The van der Waals surface area contributed by atoms with E-state index in [9.17, 15) is 0 Å². The van der Waals surface area contributed by atoms with Crippen molar-refractivity contribution < 1.29 is 4.43 Å². The van der Waals surface area contributed by atoms with Gasteiger partial charge in [0.15, 0.2) is 8.32 Å². The van der Waals surface area contributed by atoms with Gasteiger partial charge in [-0.25, -0.2) is 0 Å². The maximum atomic E-state index is 6.58. The lowest BCUT2D eigenvalue weighted by Gasteiger charge is -2.51. The summed E-state index contributed by atoms with van der Waals surface area (Å²) in [6.45, 7) is 12.1. The van der Waals surface area contributed by atoms with Crippen LogP contribution >= 0.6 is 0 Å². The Balaban J connectivity index is 1.57. The van der Waals surface area contributed by atoms with Crippen molar-refractivity contribution in [2.24, 2.45) is 29.1 Å². The lowest BCUT2D eigenvalue weighted by atomic mass is 9.54. The standard InChI is InChI=1S/C23H40OSi/c1-16(24-25(3,4)5)21-12-13-22-20-11-10-17-8-6-7-9-18(17)19(20)14-15-23(21,22)2/h16-17,20-22H,6-15H2,1-5H3/t16?,17?,20-,21-,22+,23-/m1/s1. The van der Waals surface area contributed by atoms with Crippen LogP contribution in [0.5, 0.6) is 0 Å². The normalized spacial score (nSPS) is 42.6. The Labute approximate surface area is 157 Å². The molecule has 25 heavy (non-hydrogen) atoms. The topological polar surface area (TPSA) is 9.23 Å². The van der Waals surface area contributed by atoms with Crippen molar-refractivity contribution in [3.05, 3.63) is 11.1 Å². The van der Waals surface area contributed by atoms with Crippen LogP contribution in [0.15, 0.2) is 11.1 Å². The molecular formula is C23H40OSi. The predicted octanol–water partition coefficient (Wildman–Crippen LogP) is 6.95. The third kappa shape index (κ3) is 3.20. The first-order chi connectivity index (χ1) is 11.8. The first-order valence-electron chi connectivity index (χ1n) is 11.2. The average Bonchev–Trinajstić information content (AvgIpc) is 2.90. The molecule has 3 fully saturated rings. The number of allylic oxidation sites excluding steroid dienone is 2. The molecule has 0 heterocycles. The molecule has 0 aromatic heterocycles. The van der Waals surface area contributed by atoms with E-state index in [2.05, 4.69) is 33.5 Å². The minimum atomic E-state index is -1.44. The van der Waals surface area contributed by atoms with E-state index in [1.807, 2.05) is 11.1 Å². The number of hydrogen-bond donors (Lipinski definition) is 0. The summed E-state index contributed by atoms with van der Waals surface area (Å²) in [5.41, 5.74) is 4.47. The van der Waals surface area contributed by atoms with E-state index in [4.69, 9.17) is 4.43 Å². The first kappa shape index (κ1) is 18.3. The molecule has 0 saturated heterocycles. The highest BCUT2D eigenvalue weighted by Crippen LogP contribution is 2.63. The van der Waals surface area contributed by atoms with Crippen molar-refractivity contribution in [1.29, 1.82) is 0 Å². The lowest BCUT2D eigenvalue weighted by molar-refractivity contribution is 0.0112. The SMILES string of the molecule is CC(O[Si](C)(C)C)[C@H]1CC[C@H]2[C@@H]3CCC4CCCCC4=C3CC[C@]12C. The smallest absolute Gasteiger partial charge is 0.184 e. The summed E-state index contributed by atoms with van der Waals surface area (Å²) < 4.78 is 6.58. The minimum Gasteiger partial charge on any atom is -0.415 e. The summed E-state index contributed by atoms with van der Waals surface area (Å²) in [4.78, 5) is 0. The van der Waals surface area contributed by atoms with Crippen LogP contribution in [0.25, 0.3) is 0 Å². The van der Waals surface area contributed by atoms with Crippen LogP contribution in [0.2, 0.25) is 19.6 Å². The van der Waals surface area contributed by atoms with Gasteiger partial charge in [0, 0.05) is 6.10 Å². The van der Waals surface area contributed by atoms with E-state index in [1.54, 1.807) is 0 Å². The first-order valence-corrected chi connectivity index (χ1v) is 14.6. The summed E-state index contributed by atoms with van der Waals surface area (Å²) in [7, 11) is -1.44. The molecule has 3 saturated carbocycles. The Morgan fingerprint density at radius 2 is 1.76 bits per heavy atom. The Bertz CT molecular complexity index is 545.